The van der Waals surface area contributed by atoms with Crippen molar-refractivity contribution in [3.05, 3.63) is 94.2 Å². The number of ether oxygens (including phenoxy) is 1. The van der Waals surface area contributed by atoms with Crippen molar-refractivity contribution in [1.82, 2.24) is 5.43 Å². The van der Waals surface area contributed by atoms with Crippen LogP contribution in [0.2, 0.25) is 0 Å². The minimum Gasteiger partial charge on any atom is -0.489 e. The van der Waals surface area contributed by atoms with Gasteiger partial charge in [-0.25, -0.2) is 9.82 Å². The molecule has 0 unspecified atom stereocenters. The molecule has 0 aliphatic rings. The van der Waals surface area contributed by atoms with Gasteiger partial charge in [-0.15, -0.1) is 0 Å². The van der Waals surface area contributed by atoms with Crippen LogP contribution in [0.3, 0.4) is 0 Å². The molecular weight excluding hydrogens is 465 g/mol. The third kappa shape index (κ3) is 6.48. The summed E-state index contributed by atoms with van der Waals surface area (Å²) in [6.07, 6.45) is 0. The quantitative estimate of drug-likeness (QED) is 0.304. The number of hydrogen-bond acceptors (Lipinski definition) is 4. The van der Waals surface area contributed by atoms with Crippen molar-refractivity contribution in [1.29, 1.82) is 0 Å². The predicted octanol–water partition coefficient (Wildman–Crippen LogP) is 4.65. The number of benzene rings is 3. The Balaban J connectivity index is 1.53. The Bertz CT molecular complexity index is 1100. The number of hydrazone groups is 1. The Morgan fingerprint density at radius 3 is 2.32 bits per heavy atom. The Labute approximate surface area is 187 Å². The molecule has 2 N–H and O–H groups in total. The van der Waals surface area contributed by atoms with Gasteiger partial charge in [0, 0.05) is 15.7 Å². The largest absolute Gasteiger partial charge is 0.489 e. The number of amides is 2. The van der Waals surface area contributed by atoms with E-state index in [1.165, 1.54) is 6.07 Å². The molecule has 0 saturated heterocycles. The lowest BCUT2D eigenvalue weighted by molar-refractivity contribution is -0.136. The molecule has 0 aliphatic heterocycles. The molecule has 3 rings (SSSR count). The summed E-state index contributed by atoms with van der Waals surface area (Å²) in [5.41, 5.74) is 4.43. The van der Waals surface area contributed by atoms with Crippen LogP contribution < -0.4 is 15.5 Å². The smallest absolute Gasteiger partial charge is 0.329 e. The van der Waals surface area contributed by atoms with Crippen molar-refractivity contribution in [2.75, 3.05) is 5.32 Å². The molecule has 0 heterocycles. The van der Waals surface area contributed by atoms with Gasteiger partial charge in [0.05, 0.1) is 5.71 Å². The lowest BCUT2D eigenvalue weighted by Crippen LogP contribution is -2.32. The first kappa shape index (κ1) is 22.2. The average molecular weight is 484 g/mol. The first-order valence-electron chi connectivity index (χ1n) is 9.30. The van der Waals surface area contributed by atoms with Crippen LogP contribution in [0.1, 0.15) is 18.1 Å². The minimum absolute atomic E-state index is 0.114. The highest BCUT2D eigenvalue weighted by Crippen LogP contribution is 2.16. The van der Waals surface area contributed by atoms with Gasteiger partial charge in [0.1, 0.15) is 18.2 Å². The van der Waals surface area contributed by atoms with Gasteiger partial charge >= 0.3 is 11.8 Å². The fourth-order valence-corrected chi connectivity index (χ4v) is 2.80. The van der Waals surface area contributed by atoms with Gasteiger partial charge in [-0.3, -0.25) is 9.59 Å². The van der Waals surface area contributed by atoms with Crippen molar-refractivity contribution >= 4 is 39.1 Å². The number of nitrogens with zero attached hydrogens (tertiary/aromatic N) is 1. The van der Waals surface area contributed by atoms with E-state index in [1.54, 1.807) is 73.7 Å². The molecule has 0 bridgehead atoms. The van der Waals surface area contributed by atoms with Crippen LogP contribution >= 0.6 is 15.9 Å². The van der Waals surface area contributed by atoms with Crippen LogP contribution in [0.4, 0.5) is 10.1 Å². The van der Waals surface area contributed by atoms with Crippen molar-refractivity contribution in [3.8, 4) is 5.75 Å². The summed E-state index contributed by atoms with van der Waals surface area (Å²) in [6, 6.07) is 20.2. The second-order valence-corrected chi connectivity index (χ2v) is 7.42. The number of nitrogens with one attached hydrogen (secondary N) is 2. The van der Waals surface area contributed by atoms with Crippen LogP contribution in [-0.4, -0.2) is 17.5 Å². The van der Waals surface area contributed by atoms with E-state index in [1.807, 2.05) is 0 Å². The van der Waals surface area contributed by atoms with Gasteiger partial charge in [-0.2, -0.15) is 5.10 Å². The Morgan fingerprint density at radius 1 is 0.968 bits per heavy atom. The molecule has 0 aliphatic carbocycles. The highest BCUT2D eigenvalue weighted by atomic mass is 79.9. The topological polar surface area (TPSA) is 79.8 Å². The van der Waals surface area contributed by atoms with Crippen molar-refractivity contribution < 1.29 is 18.7 Å². The molecule has 3 aromatic rings. The number of anilines is 1. The lowest BCUT2D eigenvalue weighted by atomic mass is 10.1. The molecule has 31 heavy (non-hydrogen) atoms. The molecule has 158 valence electrons. The van der Waals surface area contributed by atoms with E-state index < -0.39 is 11.8 Å². The second kappa shape index (κ2) is 10.5. The van der Waals surface area contributed by atoms with Crippen LogP contribution in [0.25, 0.3) is 0 Å². The first-order valence-corrected chi connectivity index (χ1v) is 10.1. The molecule has 8 heteroatoms. The van der Waals surface area contributed by atoms with E-state index in [9.17, 15) is 14.0 Å². The van der Waals surface area contributed by atoms with Crippen LogP contribution in [0.15, 0.2) is 82.4 Å². The summed E-state index contributed by atoms with van der Waals surface area (Å²) in [5, 5.41) is 6.45. The SMILES string of the molecule is CC(=NNC(=O)C(=O)Nc1ccc(Br)cc1)c1ccc(OCc2ccccc2F)cc1. The number of hydrogen-bond donors (Lipinski definition) is 2. The predicted molar refractivity (Wildman–Crippen MR) is 120 cm³/mol. The molecular formula is C23H19BrFN3O3. The third-order valence-electron chi connectivity index (χ3n) is 4.26. The Hall–Kier alpha value is -3.52. The molecule has 0 saturated carbocycles. The molecule has 0 radical (unpaired) electrons. The van der Waals surface area contributed by atoms with Gasteiger partial charge in [-0.1, -0.05) is 34.1 Å². The maximum absolute atomic E-state index is 13.6. The fourth-order valence-electron chi connectivity index (χ4n) is 2.54. The van der Waals surface area contributed by atoms with Crippen molar-refractivity contribution in [2.45, 2.75) is 13.5 Å². The maximum atomic E-state index is 13.6. The molecule has 6 nitrogen and oxygen atoms in total. The van der Waals surface area contributed by atoms with Gasteiger partial charge in [0.2, 0.25) is 0 Å². The van der Waals surface area contributed by atoms with Gasteiger partial charge in [0.15, 0.2) is 0 Å². The summed E-state index contributed by atoms with van der Waals surface area (Å²) in [6.45, 7) is 1.81. The maximum Gasteiger partial charge on any atom is 0.329 e. The van der Waals surface area contributed by atoms with E-state index in [-0.39, 0.29) is 12.4 Å². The normalized spacial score (nSPS) is 11.0. The number of carbonyl (C=O) groups is 2. The highest BCUT2D eigenvalue weighted by molar-refractivity contribution is 9.10. The summed E-state index contributed by atoms with van der Waals surface area (Å²) in [4.78, 5) is 23.9. The Kier molecular flexibility index (Phi) is 7.50. The van der Waals surface area contributed by atoms with Crippen LogP contribution in [0.5, 0.6) is 5.75 Å². The number of halogens is 2. The molecule has 0 aromatic heterocycles. The standard InChI is InChI=1S/C23H19BrFN3O3/c1-15(27-28-23(30)22(29)26-19-10-8-18(24)9-11-19)16-6-12-20(13-7-16)31-14-17-4-2-3-5-21(17)25/h2-13H,14H2,1H3,(H,26,29)(H,28,30). The monoisotopic (exact) mass is 483 g/mol. The molecule has 3 aromatic carbocycles. The van der Waals surface area contributed by atoms with Crippen LogP contribution in [0, 0.1) is 5.82 Å². The summed E-state index contributed by atoms with van der Waals surface area (Å²) < 4.78 is 20.1. The van der Waals surface area contributed by atoms with Gasteiger partial charge in [0.25, 0.3) is 0 Å². The highest BCUT2D eigenvalue weighted by Gasteiger charge is 2.13. The van der Waals surface area contributed by atoms with E-state index in [2.05, 4.69) is 31.8 Å². The summed E-state index contributed by atoms with van der Waals surface area (Å²) in [7, 11) is 0. The zero-order valence-corrected chi connectivity index (χ0v) is 18.1. The fraction of sp³-hybridized carbons (Fsp3) is 0.0870. The Morgan fingerprint density at radius 2 is 1.65 bits per heavy atom. The molecule has 2 amide bonds. The zero-order valence-electron chi connectivity index (χ0n) is 16.6. The third-order valence-corrected chi connectivity index (χ3v) is 4.79. The zero-order chi connectivity index (χ0) is 22.2. The summed E-state index contributed by atoms with van der Waals surface area (Å²) in [5.74, 6) is -1.46. The van der Waals surface area contributed by atoms with Crippen molar-refractivity contribution in [2.24, 2.45) is 5.10 Å². The molecule has 0 atom stereocenters. The van der Waals surface area contributed by atoms with Crippen LogP contribution in [-0.2, 0) is 16.2 Å². The molecule has 0 fully saturated rings. The van der Waals surface area contributed by atoms with E-state index in [0.717, 1.165) is 10.0 Å². The van der Waals surface area contributed by atoms with Crippen molar-refractivity contribution in [3.63, 3.8) is 0 Å². The lowest BCUT2D eigenvalue weighted by Gasteiger charge is -2.08. The van der Waals surface area contributed by atoms with E-state index in [0.29, 0.717) is 22.7 Å². The number of rotatable bonds is 6. The van der Waals surface area contributed by atoms with Gasteiger partial charge in [-0.05, 0) is 67.1 Å². The summed E-state index contributed by atoms with van der Waals surface area (Å²) >= 11 is 3.30. The average Bonchev–Trinajstić information content (AvgIpc) is 2.78. The first-order chi connectivity index (χ1) is 14.9. The van der Waals surface area contributed by atoms with E-state index in [4.69, 9.17) is 4.74 Å². The number of carbonyl (C=O) groups excluding carboxylic acids is 2. The minimum atomic E-state index is -0.882. The second-order valence-electron chi connectivity index (χ2n) is 6.50. The molecule has 0 spiro atoms. The van der Waals surface area contributed by atoms with E-state index >= 15 is 0 Å². The van der Waals surface area contributed by atoms with Gasteiger partial charge < -0.3 is 10.1 Å².